The van der Waals surface area contributed by atoms with Gasteiger partial charge in [-0.05, 0) is 140 Å². The van der Waals surface area contributed by atoms with Gasteiger partial charge in [0.15, 0.2) is 0 Å². The van der Waals surface area contributed by atoms with Crippen molar-refractivity contribution in [1.29, 1.82) is 0 Å². The van der Waals surface area contributed by atoms with E-state index in [1.165, 1.54) is 78.1 Å². The monoisotopic (exact) mass is 891 g/mol. The molecule has 0 aliphatic rings. The van der Waals surface area contributed by atoms with Crippen LogP contribution in [0.15, 0.2) is 183 Å². The Morgan fingerprint density at radius 2 is 0.662 bits per heavy atom. The average molecular weight is 891 g/mol. The predicted molar refractivity (Wildman–Crippen MR) is 286 cm³/mol. The molecule has 0 bridgehead atoms. The van der Waals surface area contributed by atoms with Crippen LogP contribution < -0.4 is 0 Å². The summed E-state index contributed by atoms with van der Waals surface area (Å²) in [6.45, 7) is 18.4. The van der Waals surface area contributed by atoms with E-state index in [2.05, 4.69) is 235 Å². The largest absolute Gasteiger partial charge is 0.299 e. The fraction of sp³-hybridized carbons (Fsp3) is 0.250. The first-order valence-electron chi connectivity index (χ1n) is 24.8. The van der Waals surface area contributed by atoms with Gasteiger partial charge in [-0.1, -0.05) is 189 Å². The van der Waals surface area contributed by atoms with Gasteiger partial charge in [-0.15, -0.1) is 0 Å². The van der Waals surface area contributed by atoms with Crippen molar-refractivity contribution < 1.29 is 0 Å². The number of benzene rings is 7. The zero-order valence-corrected chi connectivity index (χ0v) is 41.2. The molecule has 2 aromatic heterocycles. The SMILES string of the molecule is CC(C)c1cc(-c2ccccc2)cc(C(C)C)c1-n1ccnc1-c1ccc(CCc2cccc(CCc3ccc(-c4nccn4-c4c(C(C)C)cc(-c5ccccc5)cc4C(C)C)cc3)c2)cc1. The zero-order chi connectivity index (χ0) is 47.3. The summed E-state index contributed by atoms with van der Waals surface area (Å²) < 4.78 is 4.64. The van der Waals surface area contributed by atoms with Gasteiger partial charge < -0.3 is 0 Å². The third-order valence-corrected chi connectivity index (χ3v) is 13.6. The second kappa shape index (κ2) is 20.4. The third-order valence-electron chi connectivity index (χ3n) is 13.6. The van der Waals surface area contributed by atoms with E-state index in [0.717, 1.165) is 48.5 Å². The molecule has 4 heteroatoms. The molecule has 342 valence electrons. The quantitative estimate of drug-likeness (QED) is 0.0969. The molecule has 0 atom stereocenters. The molecule has 0 spiro atoms. The highest BCUT2D eigenvalue weighted by Crippen LogP contribution is 2.40. The van der Waals surface area contributed by atoms with E-state index >= 15 is 0 Å². The molecule has 0 radical (unpaired) electrons. The van der Waals surface area contributed by atoms with Crippen LogP contribution in [0.5, 0.6) is 0 Å². The number of hydrogen-bond acceptors (Lipinski definition) is 2. The third kappa shape index (κ3) is 9.97. The first kappa shape index (κ1) is 46.1. The van der Waals surface area contributed by atoms with Crippen LogP contribution in [0.3, 0.4) is 0 Å². The standard InChI is InChI=1S/C64H66N4/c1-43(2)57-39-55(51-18-11-9-12-19-51)40-58(44(3)4)61(57)67-36-34-65-63(67)53-30-26-47(27-31-53)22-24-49-16-15-17-50(38-49)25-23-48-28-32-54(33-29-48)64-66-35-37-68(64)62-59(45(5)6)41-56(42-60(62)46(7)8)52-20-13-10-14-21-52/h9-21,26-46H,22-25H2,1-8H3. The van der Waals surface area contributed by atoms with Crippen molar-refractivity contribution in [1.82, 2.24) is 19.1 Å². The number of imidazole rings is 2. The molecular formula is C64H66N4. The second-order valence-electron chi connectivity index (χ2n) is 19.8. The lowest BCUT2D eigenvalue weighted by molar-refractivity contribution is 0.807. The Hall–Kier alpha value is -7.04. The van der Waals surface area contributed by atoms with E-state index < -0.39 is 0 Å². The normalized spacial score (nSPS) is 11.7. The molecule has 0 saturated heterocycles. The van der Waals surface area contributed by atoms with Crippen molar-refractivity contribution in [2.75, 3.05) is 0 Å². The zero-order valence-electron chi connectivity index (χ0n) is 41.2. The molecule has 0 N–H and O–H groups in total. The maximum Gasteiger partial charge on any atom is 0.144 e. The molecule has 0 aliphatic carbocycles. The van der Waals surface area contributed by atoms with Gasteiger partial charge in [-0.3, -0.25) is 9.13 Å². The number of rotatable bonds is 16. The summed E-state index contributed by atoms with van der Waals surface area (Å²) in [5, 5.41) is 0. The summed E-state index contributed by atoms with van der Waals surface area (Å²) in [5.41, 5.74) is 20.6. The van der Waals surface area contributed by atoms with Crippen LogP contribution in [0.25, 0.3) is 56.4 Å². The van der Waals surface area contributed by atoms with Gasteiger partial charge in [0.2, 0.25) is 0 Å². The molecule has 0 amide bonds. The summed E-state index contributed by atoms with van der Waals surface area (Å²) >= 11 is 0. The Kier molecular flexibility index (Phi) is 13.9. The topological polar surface area (TPSA) is 35.6 Å². The Morgan fingerprint density at radius 1 is 0.324 bits per heavy atom. The molecule has 68 heavy (non-hydrogen) atoms. The predicted octanol–water partition coefficient (Wildman–Crippen LogP) is 16.8. The van der Waals surface area contributed by atoms with Crippen LogP contribution >= 0.6 is 0 Å². The molecule has 0 aliphatic heterocycles. The lowest BCUT2D eigenvalue weighted by Gasteiger charge is -2.23. The van der Waals surface area contributed by atoms with Crippen molar-refractivity contribution in [3.63, 3.8) is 0 Å². The highest BCUT2D eigenvalue weighted by molar-refractivity contribution is 5.73. The van der Waals surface area contributed by atoms with Crippen LogP contribution in [-0.4, -0.2) is 19.1 Å². The molecule has 2 heterocycles. The Morgan fingerprint density at radius 3 is 1.00 bits per heavy atom. The van der Waals surface area contributed by atoms with Gasteiger partial charge in [0.25, 0.3) is 0 Å². The van der Waals surface area contributed by atoms with E-state index in [4.69, 9.17) is 9.97 Å². The van der Waals surface area contributed by atoms with Crippen LogP contribution in [0, 0.1) is 0 Å². The first-order chi connectivity index (χ1) is 33.0. The van der Waals surface area contributed by atoms with Gasteiger partial charge in [0.05, 0.1) is 11.4 Å². The number of nitrogens with zero attached hydrogens (tertiary/aromatic N) is 4. The maximum absolute atomic E-state index is 4.93. The molecule has 0 fully saturated rings. The lowest BCUT2D eigenvalue weighted by Crippen LogP contribution is -2.08. The lowest BCUT2D eigenvalue weighted by atomic mass is 9.88. The summed E-state index contributed by atoms with van der Waals surface area (Å²) in [6.07, 6.45) is 12.1. The van der Waals surface area contributed by atoms with Crippen molar-refractivity contribution in [3.8, 4) is 56.4 Å². The van der Waals surface area contributed by atoms with Gasteiger partial charge in [0, 0.05) is 35.9 Å². The van der Waals surface area contributed by atoms with E-state index in [1.807, 2.05) is 12.4 Å². The second-order valence-corrected chi connectivity index (χ2v) is 19.8. The van der Waals surface area contributed by atoms with Gasteiger partial charge in [-0.2, -0.15) is 0 Å². The minimum atomic E-state index is 0.351. The van der Waals surface area contributed by atoms with Crippen LogP contribution in [0.1, 0.15) is 124 Å². The number of aromatic nitrogens is 4. The van der Waals surface area contributed by atoms with Gasteiger partial charge >= 0.3 is 0 Å². The summed E-state index contributed by atoms with van der Waals surface area (Å²) in [5.74, 6) is 3.36. The summed E-state index contributed by atoms with van der Waals surface area (Å²) in [6, 6.07) is 58.4. The fourth-order valence-corrected chi connectivity index (χ4v) is 9.83. The summed E-state index contributed by atoms with van der Waals surface area (Å²) in [4.78, 5) is 9.87. The van der Waals surface area contributed by atoms with Crippen molar-refractivity contribution in [2.24, 2.45) is 0 Å². The average Bonchev–Trinajstić information content (AvgIpc) is 4.06. The Bertz CT molecular complexity index is 2830. The van der Waals surface area contributed by atoms with Crippen molar-refractivity contribution >= 4 is 0 Å². The molecule has 0 saturated carbocycles. The van der Waals surface area contributed by atoms with Crippen molar-refractivity contribution in [3.05, 3.63) is 227 Å². The van der Waals surface area contributed by atoms with Gasteiger partial charge in [-0.25, -0.2) is 9.97 Å². The molecular weight excluding hydrogens is 825 g/mol. The smallest absolute Gasteiger partial charge is 0.144 e. The molecule has 7 aromatic carbocycles. The van der Waals surface area contributed by atoms with E-state index in [1.54, 1.807) is 0 Å². The van der Waals surface area contributed by atoms with Crippen LogP contribution in [-0.2, 0) is 25.7 Å². The van der Waals surface area contributed by atoms with Crippen molar-refractivity contribution in [2.45, 2.75) is 105 Å². The maximum atomic E-state index is 4.93. The number of hydrogen-bond donors (Lipinski definition) is 0. The van der Waals surface area contributed by atoms with E-state index in [0.29, 0.717) is 23.7 Å². The van der Waals surface area contributed by atoms with Gasteiger partial charge in [0.1, 0.15) is 11.6 Å². The molecule has 9 rings (SSSR count). The van der Waals surface area contributed by atoms with E-state index in [-0.39, 0.29) is 0 Å². The molecule has 0 unspecified atom stereocenters. The minimum Gasteiger partial charge on any atom is -0.299 e. The molecule has 9 aromatic rings. The van der Waals surface area contributed by atoms with E-state index in [9.17, 15) is 0 Å². The van der Waals surface area contributed by atoms with Crippen LogP contribution in [0.4, 0.5) is 0 Å². The summed E-state index contributed by atoms with van der Waals surface area (Å²) in [7, 11) is 0. The highest BCUT2D eigenvalue weighted by Gasteiger charge is 2.23. The Labute approximate surface area is 405 Å². The molecule has 4 nitrogen and oxygen atoms in total. The Balaban J connectivity index is 0.864. The highest BCUT2D eigenvalue weighted by atomic mass is 15.1. The van der Waals surface area contributed by atoms with Crippen LogP contribution in [0.2, 0.25) is 0 Å². The minimum absolute atomic E-state index is 0.351. The fourth-order valence-electron chi connectivity index (χ4n) is 9.83. The first-order valence-corrected chi connectivity index (χ1v) is 24.8. The number of aryl methyl sites for hydroxylation is 4.